The summed E-state index contributed by atoms with van der Waals surface area (Å²) in [5.74, 6) is 1.43. The molecule has 7 nitrogen and oxygen atoms in total. The zero-order chi connectivity index (χ0) is 23.8. The number of carbonyl (C=O) groups is 1. The summed E-state index contributed by atoms with van der Waals surface area (Å²) in [4.78, 5) is 27.0. The number of likely N-dealkylation sites (tertiary alicyclic amines) is 1. The molecule has 2 N–H and O–H groups in total. The number of carbonyl (C=O) groups excluding carboxylic acids is 1. The van der Waals surface area contributed by atoms with Crippen LogP contribution in [0.5, 0.6) is 11.5 Å². The fraction of sp³-hybridized carbons (Fsp3) is 0.407. The molecule has 3 aromatic rings. The van der Waals surface area contributed by atoms with Crippen LogP contribution in [-0.2, 0) is 17.9 Å². The first-order chi connectivity index (χ1) is 16.6. The molecule has 2 aromatic carbocycles. The van der Waals surface area contributed by atoms with Crippen LogP contribution < -0.4 is 20.9 Å². The van der Waals surface area contributed by atoms with E-state index in [2.05, 4.69) is 15.5 Å². The maximum absolute atomic E-state index is 13.5. The lowest BCUT2D eigenvalue weighted by Crippen LogP contribution is -2.36. The number of piperidine rings is 1. The Morgan fingerprint density at radius 3 is 2.50 bits per heavy atom. The summed E-state index contributed by atoms with van der Waals surface area (Å²) >= 11 is 0. The van der Waals surface area contributed by atoms with Gasteiger partial charge in [-0.05, 0) is 61.6 Å². The second kappa shape index (κ2) is 11.8. The zero-order valence-electron chi connectivity index (χ0n) is 19.9. The Morgan fingerprint density at radius 1 is 0.941 bits per heavy atom. The lowest BCUT2D eigenvalue weighted by Gasteiger charge is -2.27. The number of ether oxygens (including phenoxy) is 1. The van der Waals surface area contributed by atoms with Crippen LogP contribution in [0.1, 0.15) is 31.7 Å². The van der Waals surface area contributed by atoms with Crippen LogP contribution >= 0.6 is 0 Å². The van der Waals surface area contributed by atoms with Gasteiger partial charge in [-0.3, -0.25) is 9.59 Å². The molecular formula is C27H34N4O3. The highest BCUT2D eigenvalue weighted by atomic mass is 16.5. The lowest BCUT2D eigenvalue weighted by atomic mass is 10.1. The number of amides is 1. The lowest BCUT2D eigenvalue weighted by molar-refractivity contribution is -0.118. The van der Waals surface area contributed by atoms with E-state index in [4.69, 9.17) is 4.74 Å². The van der Waals surface area contributed by atoms with Crippen LogP contribution in [0.4, 0.5) is 0 Å². The second-order valence-corrected chi connectivity index (χ2v) is 8.82. The molecular weight excluding hydrogens is 428 g/mol. The minimum atomic E-state index is -0.0545. The molecule has 0 radical (unpaired) electrons. The standard InChI is InChI=1S/C27H34N4O3/c1-21(32)29-13-12-28-20-23-18-22-10-11-25(34-24-8-4-2-5-9-24)19-26(22)31(27(23)33)17-16-30-14-6-3-7-15-30/h2,4-5,8-11,18-19,28H,3,6-7,12-17,20H2,1H3,(H,29,32). The van der Waals surface area contributed by atoms with Gasteiger partial charge in [-0.25, -0.2) is 0 Å². The molecule has 0 bridgehead atoms. The molecule has 0 spiro atoms. The van der Waals surface area contributed by atoms with E-state index in [0.29, 0.717) is 31.9 Å². The van der Waals surface area contributed by atoms with Gasteiger partial charge in [0, 0.05) is 51.3 Å². The number of rotatable bonds is 10. The Kier molecular flexibility index (Phi) is 8.33. The van der Waals surface area contributed by atoms with Gasteiger partial charge in [0.05, 0.1) is 5.52 Å². The Labute approximate surface area is 200 Å². The molecule has 0 saturated carbocycles. The van der Waals surface area contributed by atoms with Crippen molar-refractivity contribution in [1.29, 1.82) is 0 Å². The predicted octanol–water partition coefficient (Wildman–Crippen LogP) is 3.51. The molecule has 34 heavy (non-hydrogen) atoms. The number of nitrogens with one attached hydrogen (secondary N) is 2. The average molecular weight is 463 g/mol. The Morgan fingerprint density at radius 2 is 1.74 bits per heavy atom. The zero-order valence-corrected chi connectivity index (χ0v) is 19.9. The van der Waals surface area contributed by atoms with Crippen molar-refractivity contribution < 1.29 is 9.53 Å². The van der Waals surface area contributed by atoms with Crippen molar-refractivity contribution in [1.82, 2.24) is 20.1 Å². The minimum absolute atomic E-state index is 0.0217. The Bertz CT molecular complexity index is 1150. The number of aromatic nitrogens is 1. The summed E-state index contributed by atoms with van der Waals surface area (Å²) in [5.41, 5.74) is 1.64. The van der Waals surface area contributed by atoms with E-state index in [-0.39, 0.29) is 11.5 Å². The number of pyridine rings is 1. The van der Waals surface area contributed by atoms with Crippen LogP contribution in [0.3, 0.4) is 0 Å². The third-order valence-corrected chi connectivity index (χ3v) is 6.20. The fourth-order valence-electron chi connectivity index (χ4n) is 4.42. The van der Waals surface area contributed by atoms with Gasteiger partial charge in [0.2, 0.25) is 5.91 Å². The highest BCUT2D eigenvalue weighted by Gasteiger charge is 2.14. The number of hydrogen-bond acceptors (Lipinski definition) is 5. The second-order valence-electron chi connectivity index (χ2n) is 8.82. The molecule has 1 amide bonds. The summed E-state index contributed by atoms with van der Waals surface area (Å²) in [5, 5.41) is 7.05. The van der Waals surface area contributed by atoms with Gasteiger partial charge in [-0.2, -0.15) is 0 Å². The van der Waals surface area contributed by atoms with Crippen LogP contribution in [0, 0.1) is 0 Å². The van der Waals surface area contributed by atoms with Crippen molar-refractivity contribution in [2.75, 3.05) is 32.7 Å². The summed E-state index contributed by atoms with van der Waals surface area (Å²) in [6, 6.07) is 17.6. The summed E-state index contributed by atoms with van der Waals surface area (Å²) in [7, 11) is 0. The van der Waals surface area contributed by atoms with Gasteiger partial charge in [0.1, 0.15) is 11.5 Å². The molecule has 2 heterocycles. The maximum atomic E-state index is 13.5. The van der Waals surface area contributed by atoms with Gasteiger partial charge in [-0.1, -0.05) is 24.6 Å². The average Bonchev–Trinajstić information content (AvgIpc) is 2.85. The third-order valence-electron chi connectivity index (χ3n) is 6.20. The van der Waals surface area contributed by atoms with Gasteiger partial charge in [0.25, 0.3) is 5.56 Å². The molecule has 0 unspecified atom stereocenters. The van der Waals surface area contributed by atoms with Gasteiger partial charge in [-0.15, -0.1) is 0 Å². The van der Waals surface area contributed by atoms with Crippen molar-refractivity contribution in [2.45, 2.75) is 39.3 Å². The number of hydrogen-bond donors (Lipinski definition) is 2. The Hall–Kier alpha value is -3.16. The number of fused-ring (bicyclic) bond motifs is 1. The third kappa shape index (κ3) is 6.46. The molecule has 1 aromatic heterocycles. The van der Waals surface area contributed by atoms with E-state index in [0.717, 1.165) is 41.9 Å². The van der Waals surface area contributed by atoms with Crippen LogP contribution in [0.25, 0.3) is 10.9 Å². The summed E-state index contributed by atoms with van der Waals surface area (Å²) in [6.07, 6.45) is 3.74. The highest BCUT2D eigenvalue weighted by Crippen LogP contribution is 2.25. The molecule has 1 saturated heterocycles. The summed E-state index contributed by atoms with van der Waals surface area (Å²) in [6.45, 7) is 6.79. The molecule has 7 heteroatoms. The van der Waals surface area contributed by atoms with Gasteiger partial charge < -0.3 is 24.8 Å². The predicted molar refractivity (Wildman–Crippen MR) is 135 cm³/mol. The van der Waals surface area contributed by atoms with Crippen molar-refractivity contribution in [3.05, 3.63) is 70.5 Å². The smallest absolute Gasteiger partial charge is 0.255 e. The van der Waals surface area contributed by atoms with Crippen molar-refractivity contribution in [3.8, 4) is 11.5 Å². The van der Waals surface area contributed by atoms with Crippen LogP contribution in [0.15, 0.2) is 59.4 Å². The van der Waals surface area contributed by atoms with E-state index in [1.165, 1.54) is 26.2 Å². The molecule has 0 atom stereocenters. The Balaban J connectivity index is 1.58. The molecule has 1 aliphatic heterocycles. The first-order valence-corrected chi connectivity index (χ1v) is 12.2. The SMILES string of the molecule is CC(=O)NCCNCc1cc2ccc(Oc3ccccc3)cc2n(CCN2CCCCC2)c1=O. The van der Waals surface area contributed by atoms with Crippen molar-refractivity contribution in [3.63, 3.8) is 0 Å². The van der Waals surface area contributed by atoms with Gasteiger partial charge in [0.15, 0.2) is 0 Å². The monoisotopic (exact) mass is 462 g/mol. The van der Waals surface area contributed by atoms with Crippen molar-refractivity contribution in [2.24, 2.45) is 0 Å². The molecule has 4 rings (SSSR count). The molecule has 1 aliphatic rings. The largest absolute Gasteiger partial charge is 0.457 e. The molecule has 1 fully saturated rings. The van der Waals surface area contributed by atoms with Crippen LogP contribution in [-0.4, -0.2) is 48.1 Å². The number of para-hydroxylation sites is 1. The van der Waals surface area contributed by atoms with Crippen molar-refractivity contribution >= 4 is 16.8 Å². The normalized spacial score (nSPS) is 14.3. The van der Waals surface area contributed by atoms with Gasteiger partial charge >= 0.3 is 0 Å². The maximum Gasteiger partial charge on any atom is 0.255 e. The van der Waals surface area contributed by atoms with E-state index in [9.17, 15) is 9.59 Å². The molecule has 0 aliphatic carbocycles. The van der Waals surface area contributed by atoms with E-state index < -0.39 is 0 Å². The first kappa shape index (κ1) is 24.0. The quantitative estimate of drug-likeness (QED) is 0.451. The van der Waals surface area contributed by atoms with E-state index in [1.807, 2.05) is 59.2 Å². The fourth-order valence-corrected chi connectivity index (χ4v) is 4.42. The minimum Gasteiger partial charge on any atom is -0.457 e. The van der Waals surface area contributed by atoms with E-state index >= 15 is 0 Å². The topological polar surface area (TPSA) is 75.6 Å². The number of nitrogens with zero attached hydrogens (tertiary/aromatic N) is 2. The highest BCUT2D eigenvalue weighted by molar-refractivity contribution is 5.81. The van der Waals surface area contributed by atoms with Crippen LogP contribution in [0.2, 0.25) is 0 Å². The number of benzene rings is 2. The summed E-state index contributed by atoms with van der Waals surface area (Å²) < 4.78 is 7.94. The molecule has 180 valence electrons. The van der Waals surface area contributed by atoms with E-state index in [1.54, 1.807) is 0 Å². The first-order valence-electron chi connectivity index (χ1n) is 12.2.